The highest BCUT2D eigenvalue weighted by atomic mass is 127. The average molecular weight is 596 g/mol. The minimum absolute atomic E-state index is 0.0697. The first-order valence-electron chi connectivity index (χ1n) is 12.8. The van der Waals surface area contributed by atoms with Gasteiger partial charge in [0.05, 0.1) is 15.9 Å². The molecule has 4 saturated carbocycles. The molecule has 4 amide bonds. The molecule has 5 fully saturated rings. The van der Waals surface area contributed by atoms with Crippen LogP contribution in [-0.2, 0) is 15.0 Å². The van der Waals surface area contributed by atoms with E-state index in [1.165, 1.54) is 50.2 Å². The Balaban J connectivity index is 1.27. The topological polar surface area (TPSA) is 75.7 Å². The summed E-state index contributed by atoms with van der Waals surface area (Å²) in [5, 5.41) is 2.33. The number of amides is 4. The van der Waals surface area contributed by atoms with Crippen LogP contribution in [0.15, 0.2) is 48.0 Å². The van der Waals surface area contributed by atoms with Gasteiger partial charge in [-0.15, -0.1) is 0 Å². The molecule has 4 aliphatic carbocycles. The third-order valence-electron chi connectivity index (χ3n) is 8.44. The number of rotatable bonds is 5. The van der Waals surface area contributed by atoms with Crippen LogP contribution in [-0.4, -0.2) is 24.5 Å². The molecule has 36 heavy (non-hydrogen) atoms. The summed E-state index contributed by atoms with van der Waals surface area (Å²) in [5.41, 5.74) is 2.66. The van der Waals surface area contributed by atoms with Crippen molar-refractivity contribution in [1.82, 2.24) is 5.32 Å². The highest BCUT2D eigenvalue weighted by molar-refractivity contribution is 14.1. The summed E-state index contributed by atoms with van der Waals surface area (Å²) in [6.07, 6.45) is 9.44. The highest BCUT2D eigenvalue weighted by Gasteiger charge is 2.51. The maximum Gasteiger partial charge on any atom is 0.335 e. The number of imide groups is 2. The van der Waals surface area contributed by atoms with Crippen LogP contribution in [0.25, 0.3) is 6.08 Å². The van der Waals surface area contributed by atoms with E-state index in [2.05, 4.69) is 40.0 Å². The van der Waals surface area contributed by atoms with Gasteiger partial charge in [-0.25, -0.2) is 9.69 Å². The second-order valence-corrected chi connectivity index (χ2v) is 12.0. The van der Waals surface area contributed by atoms with E-state index in [0.717, 1.165) is 32.0 Å². The van der Waals surface area contributed by atoms with Crippen LogP contribution in [0.3, 0.4) is 0 Å². The summed E-state index contributed by atoms with van der Waals surface area (Å²) in [7, 11) is 0. The van der Waals surface area contributed by atoms with Crippen LogP contribution in [0, 0.1) is 21.3 Å². The van der Waals surface area contributed by atoms with Crippen LogP contribution in [0.2, 0.25) is 0 Å². The highest BCUT2D eigenvalue weighted by Crippen LogP contribution is 2.60. The van der Waals surface area contributed by atoms with Crippen LogP contribution in [0.1, 0.15) is 56.6 Å². The molecular weight excluding hydrogens is 567 g/mol. The van der Waals surface area contributed by atoms with Crippen molar-refractivity contribution >= 4 is 52.2 Å². The predicted octanol–water partition coefficient (Wildman–Crippen LogP) is 5.82. The number of barbiturate groups is 1. The van der Waals surface area contributed by atoms with Crippen molar-refractivity contribution in [2.24, 2.45) is 17.8 Å². The fraction of sp³-hybridized carbons (Fsp3) is 0.414. The van der Waals surface area contributed by atoms with E-state index in [1.54, 1.807) is 6.07 Å². The quantitative estimate of drug-likeness (QED) is 0.268. The molecule has 5 aliphatic rings. The summed E-state index contributed by atoms with van der Waals surface area (Å²) in [4.78, 5) is 39.7. The molecule has 1 N–H and O–H groups in total. The van der Waals surface area contributed by atoms with Gasteiger partial charge in [-0.05, 0) is 133 Å². The van der Waals surface area contributed by atoms with Gasteiger partial charge < -0.3 is 4.74 Å². The van der Waals surface area contributed by atoms with Gasteiger partial charge in [-0.3, -0.25) is 14.9 Å². The van der Waals surface area contributed by atoms with Crippen LogP contribution in [0.5, 0.6) is 5.75 Å². The van der Waals surface area contributed by atoms with Gasteiger partial charge in [0.1, 0.15) is 11.3 Å². The van der Waals surface area contributed by atoms with Crippen molar-refractivity contribution in [2.45, 2.75) is 50.9 Å². The number of ether oxygens (including phenoxy) is 1. The molecule has 0 atom stereocenters. The molecular formula is C29H29IN2O4. The zero-order valence-corrected chi connectivity index (χ0v) is 22.4. The Kier molecular flexibility index (Phi) is 5.93. The number of nitrogens with one attached hydrogen (secondary N) is 1. The molecule has 1 aliphatic heterocycles. The lowest BCUT2D eigenvalue weighted by atomic mass is 9.48. The number of carbonyl (C=O) groups is 3. The summed E-state index contributed by atoms with van der Waals surface area (Å²) in [5.74, 6) is 1.97. The number of hydrogen-bond donors (Lipinski definition) is 1. The molecule has 0 spiro atoms. The smallest absolute Gasteiger partial charge is 0.335 e. The van der Waals surface area contributed by atoms with Crippen LogP contribution < -0.4 is 15.0 Å². The summed E-state index contributed by atoms with van der Waals surface area (Å²) >= 11 is 2.16. The maximum atomic E-state index is 13.4. The maximum absolute atomic E-state index is 13.4. The van der Waals surface area contributed by atoms with Crippen molar-refractivity contribution < 1.29 is 19.1 Å². The zero-order chi connectivity index (χ0) is 25.0. The molecule has 4 bridgehead atoms. The van der Waals surface area contributed by atoms with Gasteiger partial charge in [-0.2, -0.15) is 0 Å². The van der Waals surface area contributed by atoms with Gasteiger partial charge in [0.25, 0.3) is 11.8 Å². The molecule has 2 aromatic carbocycles. The van der Waals surface area contributed by atoms with E-state index in [4.69, 9.17) is 4.74 Å². The van der Waals surface area contributed by atoms with Gasteiger partial charge in [0.2, 0.25) is 0 Å². The Morgan fingerprint density at radius 2 is 1.64 bits per heavy atom. The summed E-state index contributed by atoms with van der Waals surface area (Å²) in [6, 6.07) is 12.6. The third kappa shape index (κ3) is 4.05. The minimum atomic E-state index is -0.717. The molecule has 6 nitrogen and oxygen atoms in total. The van der Waals surface area contributed by atoms with Crippen molar-refractivity contribution in [3.05, 3.63) is 62.7 Å². The summed E-state index contributed by atoms with van der Waals surface area (Å²) < 4.78 is 6.45. The van der Waals surface area contributed by atoms with Crippen LogP contribution in [0.4, 0.5) is 10.5 Å². The van der Waals surface area contributed by atoms with Crippen molar-refractivity contribution in [3.63, 3.8) is 0 Å². The number of benzene rings is 2. The Bertz CT molecular complexity index is 1250. The standard InChI is InChI=1S/C29H29IN2O4/c1-2-36-25-8-3-17(13-24(25)30)12-23-26(33)31-28(35)32(27(23)34)22-6-4-21(5-7-22)29-14-18-9-19(15-29)11-20(10-18)16-29/h3-8,12-13,18-20H,2,9-11,14-16H2,1H3,(H,31,33,35)/b23-12+. The summed E-state index contributed by atoms with van der Waals surface area (Å²) in [6.45, 7) is 2.47. The largest absolute Gasteiger partial charge is 0.493 e. The Morgan fingerprint density at radius 1 is 1.00 bits per heavy atom. The first kappa shape index (κ1) is 23.7. The third-order valence-corrected chi connectivity index (χ3v) is 9.29. The van der Waals surface area contributed by atoms with E-state index >= 15 is 0 Å². The zero-order valence-electron chi connectivity index (χ0n) is 20.3. The molecule has 0 radical (unpaired) electrons. The second-order valence-electron chi connectivity index (χ2n) is 10.8. The van der Waals surface area contributed by atoms with E-state index in [0.29, 0.717) is 17.9 Å². The Morgan fingerprint density at radius 3 is 2.22 bits per heavy atom. The second kappa shape index (κ2) is 9.01. The molecule has 1 heterocycles. The number of anilines is 1. The average Bonchev–Trinajstić information content (AvgIpc) is 2.83. The fourth-order valence-electron chi connectivity index (χ4n) is 7.37. The normalized spacial score (nSPS) is 30.2. The van der Waals surface area contributed by atoms with Crippen LogP contribution >= 0.6 is 22.6 Å². The Hall–Kier alpha value is -2.68. The van der Waals surface area contributed by atoms with E-state index < -0.39 is 17.8 Å². The van der Waals surface area contributed by atoms with Gasteiger partial charge >= 0.3 is 6.03 Å². The molecule has 7 heteroatoms. The molecule has 186 valence electrons. The lowest BCUT2D eigenvalue weighted by molar-refractivity contribution is -0.122. The Labute approximate surface area is 224 Å². The molecule has 1 saturated heterocycles. The number of nitrogens with zero attached hydrogens (tertiary/aromatic N) is 1. The number of urea groups is 1. The SMILES string of the molecule is CCOc1ccc(/C=C2\C(=O)NC(=O)N(c3ccc(C45CC6CC(CC(C6)C4)C5)cc3)C2=O)cc1I. The van der Waals surface area contributed by atoms with Gasteiger partial charge in [0.15, 0.2) is 0 Å². The van der Waals surface area contributed by atoms with Crippen molar-refractivity contribution in [3.8, 4) is 5.75 Å². The lowest BCUT2D eigenvalue weighted by Crippen LogP contribution is -2.54. The number of halogens is 1. The first-order valence-corrected chi connectivity index (χ1v) is 13.9. The first-order chi connectivity index (χ1) is 17.3. The number of carbonyl (C=O) groups excluding carboxylic acids is 3. The fourth-order valence-corrected chi connectivity index (χ4v) is 8.06. The van der Waals surface area contributed by atoms with Crippen molar-refractivity contribution in [1.29, 1.82) is 0 Å². The van der Waals surface area contributed by atoms with Gasteiger partial charge in [0, 0.05) is 0 Å². The monoisotopic (exact) mass is 596 g/mol. The minimum Gasteiger partial charge on any atom is -0.493 e. The van der Waals surface area contributed by atoms with Crippen molar-refractivity contribution in [2.75, 3.05) is 11.5 Å². The van der Waals surface area contributed by atoms with E-state index in [9.17, 15) is 14.4 Å². The van der Waals surface area contributed by atoms with E-state index in [-0.39, 0.29) is 11.0 Å². The molecule has 2 aromatic rings. The number of hydrogen-bond acceptors (Lipinski definition) is 4. The van der Waals surface area contributed by atoms with E-state index in [1.807, 2.05) is 31.2 Å². The molecule has 7 rings (SSSR count). The predicted molar refractivity (Wildman–Crippen MR) is 146 cm³/mol. The molecule has 0 aromatic heterocycles. The van der Waals surface area contributed by atoms with Gasteiger partial charge in [-0.1, -0.05) is 18.2 Å². The molecule has 0 unspecified atom stereocenters. The lowest BCUT2D eigenvalue weighted by Gasteiger charge is -2.57.